The maximum absolute atomic E-state index is 13.2. The lowest BCUT2D eigenvalue weighted by molar-refractivity contribution is 0.251. The second kappa shape index (κ2) is 14.3. The number of aliphatic hydroxyl groups excluding tert-OH is 1. The number of rotatable bonds is 10. The number of phenols is 1. The average molecular weight is 700 g/mol. The summed E-state index contributed by atoms with van der Waals surface area (Å²) in [4.78, 5) is 16.2. The minimum Gasteiger partial charge on any atom is -0.506 e. The van der Waals surface area contributed by atoms with E-state index >= 15 is 0 Å². The van der Waals surface area contributed by atoms with Gasteiger partial charge in [0.2, 0.25) is 0 Å². The molecule has 48 heavy (non-hydrogen) atoms. The van der Waals surface area contributed by atoms with Crippen LogP contribution in [0.5, 0.6) is 5.75 Å². The van der Waals surface area contributed by atoms with Gasteiger partial charge in [0.25, 0.3) is 0 Å². The van der Waals surface area contributed by atoms with Crippen LogP contribution in [-0.2, 0) is 12.0 Å². The summed E-state index contributed by atoms with van der Waals surface area (Å²) in [5.41, 5.74) is 3.68. The van der Waals surface area contributed by atoms with Gasteiger partial charge in [-0.1, -0.05) is 80.5 Å². The minimum absolute atomic E-state index is 0.0759. The SMILES string of the molecule is CC(C)(C)c1cc(NC(=O)NCc2ccccc2Sc2ccc3nnc(-c4ccccc4SCCO)n3c2)n(-c2ccc(Cl)c(O)c2)n1. The smallest absolute Gasteiger partial charge is 0.320 e. The largest absolute Gasteiger partial charge is 0.506 e. The number of carbonyl (C=O) groups excluding carboxylic acids is 1. The van der Waals surface area contributed by atoms with Gasteiger partial charge in [0.15, 0.2) is 11.5 Å². The molecule has 0 aliphatic heterocycles. The Kier molecular flexibility index (Phi) is 9.97. The van der Waals surface area contributed by atoms with Gasteiger partial charge in [-0.2, -0.15) is 5.10 Å². The van der Waals surface area contributed by atoms with Gasteiger partial charge < -0.3 is 15.5 Å². The number of hydrogen-bond acceptors (Lipinski definition) is 8. The van der Waals surface area contributed by atoms with E-state index < -0.39 is 6.03 Å². The van der Waals surface area contributed by atoms with Crippen LogP contribution in [0.25, 0.3) is 22.7 Å². The quantitative estimate of drug-likeness (QED) is 0.107. The van der Waals surface area contributed by atoms with Crippen LogP contribution in [0, 0.1) is 0 Å². The van der Waals surface area contributed by atoms with E-state index in [1.54, 1.807) is 40.3 Å². The highest BCUT2D eigenvalue weighted by Gasteiger charge is 2.22. The zero-order valence-corrected chi connectivity index (χ0v) is 28.9. The van der Waals surface area contributed by atoms with Crippen molar-refractivity contribution in [3.63, 3.8) is 0 Å². The summed E-state index contributed by atoms with van der Waals surface area (Å²) in [6.07, 6.45) is 2.02. The number of halogens is 1. The fourth-order valence-corrected chi connectivity index (χ4v) is 6.81. The zero-order chi connectivity index (χ0) is 33.8. The lowest BCUT2D eigenvalue weighted by Crippen LogP contribution is -2.29. The summed E-state index contributed by atoms with van der Waals surface area (Å²) in [5, 5.41) is 39.3. The number of fused-ring (bicyclic) bond motifs is 1. The molecule has 0 unspecified atom stereocenters. The van der Waals surface area contributed by atoms with Crippen LogP contribution < -0.4 is 10.6 Å². The molecule has 0 spiro atoms. The molecule has 4 N–H and O–H groups in total. The van der Waals surface area contributed by atoms with Crippen molar-refractivity contribution in [1.82, 2.24) is 29.7 Å². The van der Waals surface area contributed by atoms with Crippen LogP contribution in [-0.4, -0.2) is 53.0 Å². The average Bonchev–Trinajstić information content (AvgIpc) is 3.69. The number of aromatic hydroxyl groups is 1. The van der Waals surface area contributed by atoms with E-state index in [4.69, 9.17) is 16.7 Å². The van der Waals surface area contributed by atoms with Crippen molar-refractivity contribution < 1.29 is 15.0 Å². The van der Waals surface area contributed by atoms with Crippen molar-refractivity contribution in [3.8, 4) is 22.8 Å². The Hall–Kier alpha value is -4.49. The van der Waals surface area contributed by atoms with Crippen LogP contribution in [0.3, 0.4) is 0 Å². The minimum atomic E-state index is -0.400. The molecule has 0 fully saturated rings. The number of urea groups is 1. The maximum atomic E-state index is 13.2. The summed E-state index contributed by atoms with van der Waals surface area (Å²) in [6.45, 7) is 6.49. The monoisotopic (exact) mass is 699 g/mol. The fourth-order valence-electron chi connectivity index (χ4n) is 4.93. The van der Waals surface area contributed by atoms with E-state index in [0.29, 0.717) is 17.3 Å². The first-order valence-corrected chi connectivity index (χ1v) is 17.4. The molecule has 6 aromatic rings. The van der Waals surface area contributed by atoms with Gasteiger partial charge in [0.05, 0.1) is 23.0 Å². The zero-order valence-electron chi connectivity index (χ0n) is 26.5. The number of nitrogens with one attached hydrogen (secondary N) is 2. The molecule has 0 aliphatic carbocycles. The molecule has 246 valence electrons. The number of phenolic OH excluding ortho intramolecular Hbond substituents is 1. The Balaban J connectivity index is 1.20. The number of pyridine rings is 1. The number of benzene rings is 3. The number of hydrogen-bond donors (Lipinski definition) is 4. The predicted molar refractivity (Wildman–Crippen MR) is 192 cm³/mol. The molecule has 0 atom stereocenters. The standard InChI is InChI=1S/C35H34ClN7O3S2/c1-35(2,3)30-19-32(43(41-30)23-12-14-26(36)27(45)18-23)38-34(46)37-20-22-8-4-6-10-28(22)48-24-13-15-31-39-40-33(42(31)21-24)25-9-5-7-11-29(25)47-17-16-44/h4-15,18-19,21,44-45H,16-17,20H2,1-3H3,(H2,37,38,46). The molecule has 10 nitrogen and oxygen atoms in total. The van der Waals surface area contributed by atoms with E-state index in [1.165, 1.54) is 6.07 Å². The summed E-state index contributed by atoms with van der Waals surface area (Å²) in [7, 11) is 0. The fraction of sp³-hybridized carbons (Fsp3) is 0.200. The van der Waals surface area contributed by atoms with Gasteiger partial charge in [0, 0.05) is 56.3 Å². The van der Waals surface area contributed by atoms with Crippen molar-refractivity contribution in [2.75, 3.05) is 17.7 Å². The number of anilines is 1. The first-order chi connectivity index (χ1) is 23.1. The first-order valence-electron chi connectivity index (χ1n) is 15.2. The number of nitrogens with zero attached hydrogens (tertiary/aromatic N) is 5. The lowest BCUT2D eigenvalue weighted by Gasteiger charge is -2.14. The van der Waals surface area contributed by atoms with Gasteiger partial charge in [0.1, 0.15) is 11.6 Å². The van der Waals surface area contributed by atoms with Crippen LogP contribution >= 0.6 is 35.1 Å². The van der Waals surface area contributed by atoms with Gasteiger partial charge >= 0.3 is 6.03 Å². The van der Waals surface area contributed by atoms with Gasteiger partial charge in [-0.3, -0.25) is 9.72 Å². The van der Waals surface area contributed by atoms with Crippen molar-refractivity contribution >= 4 is 52.6 Å². The van der Waals surface area contributed by atoms with Crippen LogP contribution in [0.4, 0.5) is 10.6 Å². The van der Waals surface area contributed by atoms with Gasteiger partial charge in [-0.15, -0.1) is 22.0 Å². The Morgan fingerprint density at radius 1 is 0.958 bits per heavy atom. The third kappa shape index (κ3) is 7.47. The Bertz CT molecular complexity index is 2090. The molecule has 6 rings (SSSR count). The van der Waals surface area contributed by atoms with Crippen LogP contribution in [0.15, 0.2) is 106 Å². The topological polar surface area (TPSA) is 130 Å². The molecule has 3 heterocycles. The molecule has 0 aliphatic rings. The molecule has 13 heteroatoms. The number of thioether (sulfide) groups is 1. The highest BCUT2D eigenvalue weighted by atomic mass is 35.5. The van der Waals surface area contributed by atoms with Crippen molar-refractivity contribution in [1.29, 1.82) is 0 Å². The second-order valence-electron chi connectivity index (χ2n) is 11.9. The molecular formula is C35H34ClN7O3S2. The summed E-state index contributed by atoms with van der Waals surface area (Å²) >= 11 is 9.19. The van der Waals surface area contributed by atoms with Crippen LogP contribution in [0.1, 0.15) is 32.0 Å². The van der Waals surface area contributed by atoms with E-state index in [9.17, 15) is 15.0 Å². The molecule has 0 saturated heterocycles. The molecule has 3 aromatic carbocycles. The van der Waals surface area contributed by atoms with Crippen molar-refractivity contribution in [2.45, 2.75) is 47.4 Å². The molecule has 0 saturated carbocycles. The van der Waals surface area contributed by atoms with Crippen molar-refractivity contribution in [2.24, 2.45) is 0 Å². The Labute approximate surface area is 291 Å². The molecule has 0 radical (unpaired) electrons. The Morgan fingerprint density at radius 3 is 2.50 bits per heavy atom. The normalized spacial score (nSPS) is 11.6. The number of aliphatic hydroxyl groups is 1. The summed E-state index contributed by atoms with van der Waals surface area (Å²) in [5.74, 6) is 1.69. The number of amides is 2. The van der Waals surface area contributed by atoms with E-state index in [0.717, 1.165) is 43.0 Å². The Morgan fingerprint density at radius 2 is 1.73 bits per heavy atom. The van der Waals surface area contributed by atoms with Crippen molar-refractivity contribution in [3.05, 3.63) is 107 Å². The summed E-state index contributed by atoms with van der Waals surface area (Å²) in [6, 6.07) is 26.1. The highest BCUT2D eigenvalue weighted by molar-refractivity contribution is 7.99. The molecule has 0 bridgehead atoms. The predicted octanol–water partition coefficient (Wildman–Crippen LogP) is 7.80. The lowest BCUT2D eigenvalue weighted by atomic mass is 9.92. The third-order valence-corrected chi connectivity index (χ3v) is 9.85. The number of carbonyl (C=O) groups is 1. The molecule has 2 amide bonds. The second-order valence-corrected chi connectivity index (χ2v) is 14.6. The van der Waals surface area contributed by atoms with Crippen LogP contribution in [0.2, 0.25) is 5.02 Å². The first kappa shape index (κ1) is 33.4. The number of aromatic nitrogens is 5. The molecular weight excluding hydrogens is 666 g/mol. The molecule has 3 aromatic heterocycles. The maximum Gasteiger partial charge on any atom is 0.320 e. The third-order valence-electron chi connectivity index (χ3n) is 7.39. The van der Waals surface area contributed by atoms with E-state index in [1.807, 2.05) is 98.1 Å². The van der Waals surface area contributed by atoms with E-state index in [2.05, 4.69) is 20.8 Å². The van der Waals surface area contributed by atoms with E-state index in [-0.39, 0.29) is 29.3 Å². The summed E-state index contributed by atoms with van der Waals surface area (Å²) < 4.78 is 3.56. The van der Waals surface area contributed by atoms with Gasteiger partial charge in [-0.25, -0.2) is 9.48 Å². The van der Waals surface area contributed by atoms with Gasteiger partial charge in [-0.05, 0) is 42.0 Å². The highest BCUT2D eigenvalue weighted by Crippen LogP contribution is 2.34.